The number of aryl methyl sites for hydroxylation is 1. The van der Waals surface area contributed by atoms with Crippen LogP contribution in [0.5, 0.6) is 0 Å². The highest BCUT2D eigenvalue weighted by molar-refractivity contribution is 6.29. The van der Waals surface area contributed by atoms with Gasteiger partial charge in [0.25, 0.3) is 0 Å². The van der Waals surface area contributed by atoms with Gasteiger partial charge in [0.1, 0.15) is 0 Å². The molecular formula is C12H12ClN3O2. The molecule has 1 aromatic carbocycles. The minimum Gasteiger partial charge on any atom is -0.465 e. The van der Waals surface area contributed by atoms with Gasteiger partial charge in [-0.2, -0.15) is 5.10 Å². The number of hydrogen-bond donors (Lipinski definition) is 2. The molecule has 0 radical (unpaired) electrons. The normalized spacial score (nSPS) is 10.3. The Morgan fingerprint density at radius 3 is 2.61 bits per heavy atom. The summed E-state index contributed by atoms with van der Waals surface area (Å²) in [5.41, 5.74) is 2.71. The first-order valence-corrected chi connectivity index (χ1v) is 5.72. The minimum atomic E-state index is -1.03. The molecule has 0 fully saturated rings. The number of halogens is 1. The van der Waals surface area contributed by atoms with Crippen molar-refractivity contribution in [1.29, 1.82) is 0 Å². The molecule has 0 aliphatic rings. The number of amides is 1. The number of aromatic nitrogens is 2. The van der Waals surface area contributed by atoms with Crippen LogP contribution in [0.1, 0.15) is 11.3 Å². The van der Waals surface area contributed by atoms with Gasteiger partial charge >= 0.3 is 6.09 Å². The number of carboxylic acid groups (broad SMARTS) is 1. The molecule has 0 saturated carbocycles. The minimum absolute atomic E-state index is 0.286. The van der Waals surface area contributed by atoms with E-state index in [-0.39, 0.29) is 6.54 Å². The second-order valence-electron chi connectivity index (χ2n) is 3.85. The van der Waals surface area contributed by atoms with E-state index >= 15 is 0 Å². The van der Waals surface area contributed by atoms with E-state index in [1.165, 1.54) is 0 Å². The molecule has 1 aromatic heterocycles. The van der Waals surface area contributed by atoms with Crippen molar-refractivity contribution in [2.45, 2.75) is 13.5 Å². The van der Waals surface area contributed by atoms with Gasteiger partial charge < -0.3 is 10.4 Å². The van der Waals surface area contributed by atoms with Gasteiger partial charge in [-0.1, -0.05) is 23.7 Å². The van der Waals surface area contributed by atoms with Crippen LogP contribution in [0.2, 0.25) is 5.15 Å². The molecular weight excluding hydrogens is 254 g/mol. The van der Waals surface area contributed by atoms with Gasteiger partial charge in [-0.3, -0.25) is 0 Å². The monoisotopic (exact) mass is 265 g/mol. The van der Waals surface area contributed by atoms with E-state index in [9.17, 15) is 4.79 Å². The molecule has 6 heteroatoms. The Kier molecular flexibility index (Phi) is 3.53. The summed E-state index contributed by atoms with van der Waals surface area (Å²) in [6.45, 7) is 2.20. The molecule has 5 nitrogen and oxygen atoms in total. The van der Waals surface area contributed by atoms with E-state index in [1.807, 2.05) is 31.2 Å². The second kappa shape index (κ2) is 5.10. The summed E-state index contributed by atoms with van der Waals surface area (Å²) in [5, 5.41) is 15.4. The molecule has 0 aliphatic carbocycles. The predicted octanol–water partition coefficient (Wildman–Crippen LogP) is 2.60. The number of nitrogens with zero attached hydrogens (tertiary/aromatic N) is 2. The Balaban J connectivity index is 2.17. The lowest BCUT2D eigenvalue weighted by Crippen LogP contribution is -2.19. The molecule has 0 unspecified atom stereocenters. The lowest BCUT2D eigenvalue weighted by atomic mass is 10.2. The summed E-state index contributed by atoms with van der Waals surface area (Å²) in [5.74, 6) is 0. The van der Waals surface area contributed by atoms with Gasteiger partial charge in [0.2, 0.25) is 0 Å². The summed E-state index contributed by atoms with van der Waals surface area (Å²) in [6.07, 6.45) is -1.03. The van der Waals surface area contributed by atoms with Crippen LogP contribution in [-0.4, -0.2) is 21.0 Å². The van der Waals surface area contributed by atoms with E-state index in [4.69, 9.17) is 16.7 Å². The SMILES string of the molecule is Cc1cc(Cl)nn1-c1ccc(CNC(=O)O)cc1. The van der Waals surface area contributed by atoms with Crippen molar-refractivity contribution < 1.29 is 9.90 Å². The van der Waals surface area contributed by atoms with Crippen LogP contribution in [0.25, 0.3) is 5.69 Å². The van der Waals surface area contributed by atoms with E-state index in [0.29, 0.717) is 5.15 Å². The Bertz CT molecular complexity index is 563. The summed E-state index contributed by atoms with van der Waals surface area (Å²) >= 11 is 5.82. The highest BCUT2D eigenvalue weighted by Crippen LogP contribution is 2.15. The zero-order chi connectivity index (χ0) is 13.1. The molecule has 94 valence electrons. The van der Waals surface area contributed by atoms with E-state index in [1.54, 1.807) is 10.7 Å². The Labute approximate surface area is 109 Å². The maximum absolute atomic E-state index is 10.4. The van der Waals surface area contributed by atoms with Crippen LogP contribution in [0.4, 0.5) is 4.79 Å². The van der Waals surface area contributed by atoms with Crippen LogP contribution in [0, 0.1) is 6.92 Å². The quantitative estimate of drug-likeness (QED) is 0.896. The third kappa shape index (κ3) is 2.81. The van der Waals surface area contributed by atoms with Gasteiger partial charge in [-0.05, 0) is 30.7 Å². The van der Waals surface area contributed by atoms with Crippen molar-refractivity contribution in [1.82, 2.24) is 15.1 Å². The Morgan fingerprint density at radius 1 is 1.44 bits per heavy atom. The maximum atomic E-state index is 10.4. The van der Waals surface area contributed by atoms with Crippen LogP contribution in [-0.2, 0) is 6.54 Å². The molecule has 1 heterocycles. The molecule has 2 aromatic rings. The van der Waals surface area contributed by atoms with Crippen LogP contribution >= 0.6 is 11.6 Å². The highest BCUT2D eigenvalue weighted by Gasteiger charge is 2.04. The predicted molar refractivity (Wildman–Crippen MR) is 68.2 cm³/mol. The molecule has 2 N–H and O–H groups in total. The molecule has 0 aliphatic heterocycles. The molecule has 0 saturated heterocycles. The number of benzene rings is 1. The zero-order valence-electron chi connectivity index (χ0n) is 9.72. The molecule has 0 bridgehead atoms. The molecule has 0 spiro atoms. The van der Waals surface area contributed by atoms with Crippen LogP contribution in [0.3, 0.4) is 0 Å². The number of nitrogens with one attached hydrogen (secondary N) is 1. The first-order valence-electron chi connectivity index (χ1n) is 5.34. The fourth-order valence-corrected chi connectivity index (χ4v) is 1.86. The Morgan fingerprint density at radius 2 is 2.11 bits per heavy atom. The van der Waals surface area contributed by atoms with Gasteiger partial charge in [-0.25, -0.2) is 9.48 Å². The maximum Gasteiger partial charge on any atom is 0.404 e. The average Bonchev–Trinajstić information content (AvgIpc) is 2.66. The summed E-state index contributed by atoms with van der Waals surface area (Å²) in [4.78, 5) is 10.4. The topological polar surface area (TPSA) is 67.2 Å². The molecule has 1 amide bonds. The highest BCUT2D eigenvalue weighted by atomic mass is 35.5. The van der Waals surface area contributed by atoms with Crippen molar-refractivity contribution in [2.24, 2.45) is 0 Å². The van der Waals surface area contributed by atoms with Crippen LogP contribution < -0.4 is 5.32 Å². The van der Waals surface area contributed by atoms with Gasteiger partial charge in [-0.15, -0.1) is 0 Å². The van der Waals surface area contributed by atoms with Crippen molar-refractivity contribution in [2.75, 3.05) is 0 Å². The van der Waals surface area contributed by atoms with Crippen molar-refractivity contribution in [3.63, 3.8) is 0 Å². The smallest absolute Gasteiger partial charge is 0.404 e. The van der Waals surface area contributed by atoms with Gasteiger partial charge in [0, 0.05) is 12.2 Å². The zero-order valence-corrected chi connectivity index (χ0v) is 10.5. The van der Waals surface area contributed by atoms with E-state index < -0.39 is 6.09 Å². The van der Waals surface area contributed by atoms with E-state index in [0.717, 1.165) is 16.9 Å². The summed E-state index contributed by atoms with van der Waals surface area (Å²) < 4.78 is 1.73. The largest absolute Gasteiger partial charge is 0.465 e. The van der Waals surface area contributed by atoms with Gasteiger partial charge in [0.15, 0.2) is 5.15 Å². The standard InChI is InChI=1S/C12H12ClN3O2/c1-8-6-11(13)15-16(8)10-4-2-9(3-5-10)7-14-12(17)18/h2-6,14H,7H2,1H3,(H,17,18). The first-order chi connectivity index (χ1) is 8.56. The first kappa shape index (κ1) is 12.4. The average molecular weight is 266 g/mol. The summed E-state index contributed by atoms with van der Waals surface area (Å²) in [7, 11) is 0. The fraction of sp³-hybridized carbons (Fsp3) is 0.167. The second-order valence-corrected chi connectivity index (χ2v) is 4.23. The Hall–Kier alpha value is -2.01. The van der Waals surface area contributed by atoms with Crippen molar-refractivity contribution >= 4 is 17.7 Å². The third-order valence-electron chi connectivity index (χ3n) is 2.48. The molecule has 2 rings (SSSR count). The molecule has 0 atom stereocenters. The van der Waals surface area contributed by atoms with Gasteiger partial charge in [0.05, 0.1) is 5.69 Å². The van der Waals surface area contributed by atoms with Crippen molar-refractivity contribution in [3.05, 3.63) is 46.7 Å². The number of carbonyl (C=O) groups is 1. The third-order valence-corrected chi connectivity index (χ3v) is 2.67. The number of hydrogen-bond acceptors (Lipinski definition) is 2. The lowest BCUT2D eigenvalue weighted by molar-refractivity contribution is 0.194. The number of rotatable bonds is 3. The summed E-state index contributed by atoms with van der Waals surface area (Å²) in [6, 6.07) is 9.21. The fourth-order valence-electron chi connectivity index (χ4n) is 1.63. The lowest BCUT2D eigenvalue weighted by Gasteiger charge is -2.06. The van der Waals surface area contributed by atoms with E-state index in [2.05, 4.69) is 10.4 Å². The molecule has 18 heavy (non-hydrogen) atoms. The van der Waals surface area contributed by atoms with Crippen molar-refractivity contribution in [3.8, 4) is 5.69 Å². The van der Waals surface area contributed by atoms with Crippen LogP contribution in [0.15, 0.2) is 30.3 Å².